The molecule has 4 heterocycles. The van der Waals surface area contributed by atoms with Gasteiger partial charge in [0.1, 0.15) is 0 Å². The Morgan fingerprint density at radius 2 is 2.03 bits per heavy atom. The predicted octanol–water partition coefficient (Wildman–Crippen LogP) is 3.70. The number of hydrogen-bond acceptors (Lipinski definition) is 6. The lowest BCUT2D eigenvalue weighted by atomic mass is 9.85. The fraction of sp³-hybridized carbons (Fsp3) is 0.391. The number of nitrogens with zero attached hydrogens (tertiary/aromatic N) is 3. The second-order valence-electron chi connectivity index (χ2n) is 8.21. The molecule has 0 radical (unpaired) electrons. The van der Waals surface area contributed by atoms with Gasteiger partial charge in [0.15, 0.2) is 0 Å². The van der Waals surface area contributed by atoms with Gasteiger partial charge in [-0.05, 0) is 48.9 Å². The molecule has 0 aromatic carbocycles. The van der Waals surface area contributed by atoms with Gasteiger partial charge in [-0.15, -0.1) is 0 Å². The number of fused-ring (bicyclic) bond motifs is 5. The van der Waals surface area contributed by atoms with Gasteiger partial charge < -0.3 is 20.1 Å². The Morgan fingerprint density at radius 3 is 2.81 bits per heavy atom. The molecule has 2 aliphatic rings. The van der Waals surface area contributed by atoms with Crippen molar-refractivity contribution in [3.8, 4) is 23.0 Å². The topological polar surface area (TPSA) is 113 Å². The van der Waals surface area contributed by atoms with Crippen molar-refractivity contribution in [1.29, 1.82) is 0 Å². The zero-order valence-electron chi connectivity index (χ0n) is 18.0. The molecule has 3 aromatic heterocycles. The minimum atomic E-state index is -0.824. The van der Waals surface area contributed by atoms with E-state index in [1.165, 1.54) is 6.20 Å². The molecule has 3 aromatic rings. The first-order valence-electron chi connectivity index (χ1n) is 10.9. The molecular formula is C23H24ClN5O3. The summed E-state index contributed by atoms with van der Waals surface area (Å²) in [6.07, 6.45) is 6.49. The van der Waals surface area contributed by atoms with Gasteiger partial charge in [-0.25, -0.2) is 9.97 Å². The highest BCUT2D eigenvalue weighted by Crippen LogP contribution is 2.42. The Kier molecular flexibility index (Phi) is 5.35. The number of nitrogens with one attached hydrogen (secondary N) is 2. The van der Waals surface area contributed by atoms with E-state index in [2.05, 4.69) is 32.2 Å². The number of pyridine rings is 1. The van der Waals surface area contributed by atoms with Crippen LogP contribution in [0.25, 0.3) is 11.3 Å². The number of aliphatic hydroxyl groups excluding tert-OH is 1. The molecule has 1 amide bonds. The quantitative estimate of drug-likeness (QED) is 0.507. The Hall–Kier alpha value is -2.97. The molecule has 0 unspecified atom stereocenters. The molecule has 1 aliphatic heterocycles. The number of ether oxygens (including phenoxy) is 1. The number of aryl methyl sites for hydroxylation is 1. The zero-order valence-corrected chi connectivity index (χ0v) is 18.7. The van der Waals surface area contributed by atoms with Crippen LogP contribution in [0.3, 0.4) is 0 Å². The summed E-state index contributed by atoms with van der Waals surface area (Å²) < 4.78 is 6.14. The first-order chi connectivity index (χ1) is 15.5. The van der Waals surface area contributed by atoms with Crippen LogP contribution < -0.4 is 10.1 Å². The van der Waals surface area contributed by atoms with Crippen molar-refractivity contribution in [2.24, 2.45) is 0 Å². The van der Waals surface area contributed by atoms with Gasteiger partial charge in [-0.1, -0.05) is 13.3 Å². The van der Waals surface area contributed by atoms with Crippen LogP contribution in [0.15, 0.2) is 12.4 Å². The van der Waals surface area contributed by atoms with Crippen LogP contribution in [0.1, 0.15) is 64.7 Å². The minimum absolute atomic E-state index is 0.00743. The van der Waals surface area contributed by atoms with Crippen LogP contribution in [-0.4, -0.2) is 37.5 Å². The third-order valence-electron chi connectivity index (χ3n) is 6.08. The Morgan fingerprint density at radius 1 is 1.19 bits per heavy atom. The third kappa shape index (κ3) is 3.43. The number of halogens is 1. The van der Waals surface area contributed by atoms with Crippen molar-refractivity contribution in [3.05, 3.63) is 51.2 Å². The average molecular weight is 454 g/mol. The van der Waals surface area contributed by atoms with Gasteiger partial charge in [-0.3, -0.25) is 4.79 Å². The van der Waals surface area contributed by atoms with Crippen LogP contribution >= 0.6 is 11.6 Å². The van der Waals surface area contributed by atoms with Gasteiger partial charge >= 0.3 is 0 Å². The highest BCUT2D eigenvalue weighted by Gasteiger charge is 2.32. The summed E-state index contributed by atoms with van der Waals surface area (Å²) in [7, 11) is 0. The second kappa shape index (κ2) is 8.18. The maximum absolute atomic E-state index is 12.6. The first kappa shape index (κ1) is 20.9. The summed E-state index contributed by atoms with van der Waals surface area (Å²) in [6, 6.07) is 0. The van der Waals surface area contributed by atoms with E-state index in [9.17, 15) is 9.90 Å². The van der Waals surface area contributed by atoms with Crippen molar-refractivity contribution in [3.63, 3.8) is 0 Å². The van der Waals surface area contributed by atoms with Crippen molar-refractivity contribution < 1.29 is 14.6 Å². The van der Waals surface area contributed by atoms with E-state index in [-0.39, 0.29) is 17.1 Å². The van der Waals surface area contributed by atoms with Crippen LogP contribution in [0.5, 0.6) is 11.8 Å². The summed E-state index contributed by atoms with van der Waals surface area (Å²) in [5.74, 6) is 0.602. The molecule has 5 rings (SSSR count). The molecule has 1 aliphatic carbocycles. The second-order valence-corrected chi connectivity index (χ2v) is 8.55. The number of amides is 1. The Balaban J connectivity index is 1.66. The first-order valence-corrected chi connectivity index (χ1v) is 11.3. The SMILES string of the molecule is CCCc1c(Oc2nc(Cl)ncc2[C@@H](C)O)ncc2c1-c1[nH]c3c(c1CC2)C(=O)NCC3. The van der Waals surface area contributed by atoms with E-state index in [4.69, 9.17) is 16.3 Å². The van der Waals surface area contributed by atoms with Crippen molar-refractivity contribution >= 4 is 17.5 Å². The van der Waals surface area contributed by atoms with E-state index < -0.39 is 6.10 Å². The highest BCUT2D eigenvalue weighted by molar-refractivity contribution is 6.28. The summed E-state index contributed by atoms with van der Waals surface area (Å²) >= 11 is 6.00. The number of rotatable bonds is 5. The average Bonchev–Trinajstić information content (AvgIpc) is 3.15. The third-order valence-corrected chi connectivity index (χ3v) is 6.26. The number of carbonyl (C=O) groups excluding carboxylic acids is 1. The molecule has 3 N–H and O–H groups in total. The minimum Gasteiger partial charge on any atom is -0.420 e. The molecule has 0 fully saturated rings. The summed E-state index contributed by atoms with van der Waals surface area (Å²) in [6.45, 7) is 4.36. The van der Waals surface area contributed by atoms with Crippen LogP contribution in [0, 0.1) is 0 Å². The lowest BCUT2D eigenvalue weighted by Gasteiger charge is -2.22. The molecule has 0 saturated carbocycles. The smallest absolute Gasteiger partial charge is 0.253 e. The fourth-order valence-electron chi connectivity index (χ4n) is 4.64. The van der Waals surface area contributed by atoms with Crippen LogP contribution in [-0.2, 0) is 25.7 Å². The monoisotopic (exact) mass is 453 g/mol. The zero-order chi connectivity index (χ0) is 22.4. The van der Waals surface area contributed by atoms with E-state index in [0.717, 1.165) is 71.3 Å². The molecular weight excluding hydrogens is 430 g/mol. The molecule has 0 bridgehead atoms. The van der Waals surface area contributed by atoms with Gasteiger partial charge in [0.25, 0.3) is 5.91 Å². The number of carbonyl (C=O) groups is 1. The number of hydrogen-bond donors (Lipinski definition) is 3. The maximum atomic E-state index is 12.6. The Bertz CT molecular complexity index is 1220. The van der Waals surface area contributed by atoms with E-state index in [1.54, 1.807) is 6.92 Å². The molecule has 166 valence electrons. The number of aromatic amines is 1. The van der Waals surface area contributed by atoms with Gasteiger partial charge in [0.05, 0.1) is 22.9 Å². The lowest BCUT2D eigenvalue weighted by Crippen LogP contribution is -2.32. The van der Waals surface area contributed by atoms with Crippen LogP contribution in [0.4, 0.5) is 0 Å². The molecule has 0 spiro atoms. The van der Waals surface area contributed by atoms with Crippen LogP contribution in [0.2, 0.25) is 5.28 Å². The molecule has 0 saturated heterocycles. The van der Waals surface area contributed by atoms with Crippen molar-refractivity contribution in [2.45, 2.75) is 52.1 Å². The molecule has 32 heavy (non-hydrogen) atoms. The summed E-state index contributed by atoms with van der Waals surface area (Å²) in [5, 5.41) is 13.1. The maximum Gasteiger partial charge on any atom is 0.253 e. The lowest BCUT2D eigenvalue weighted by molar-refractivity contribution is 0.0945. The van der Waals surface area contributed by atoms with Gasteiger partial charge in [-0.2, -0.15) is 4.98 Å². The summed E-state index contributed by atoms with van der Waals surface area (Å²) in [5.41, 5.74) is 7.41. The molecule has 9 heteroatoms. The largest absolute Gasteiger partial charge is 0.420 e. The number of H-pyrrole nitrogens is 1. The van der Waals surface area contributed by atoms with E-state index in [1.807, 2.05) is 6.20 Å². The van der Waals surface area contributed by atoms with E-state index >= 15 is 0 Å². The standard InChI is InChI=1S/C23H24ClN5O3/c1-3-4-14-17-12(5-6-13-18-16(28-19(13)17)7-8-25-20(18)31)9-26-21(14)32-22-15(11(2)30)10-27-23(24)29-22/h9-11,28,30H,3-8H2,1-2H3,(H,25,31)/t11-/m1/s1. The van der Waals surface area contributed by atoms with Crippen molar-refractivity contribution in [1.82, 2.24) is 25.3 Å². The van der Waals surface area contributed by atoms with E-state index in [0.29, 0.717) is 18.0 Å². The molecule has 1 atom stereocenters. The Labute approximate surface area is 190 Å². The van der Waals surface area contributed by atoms with Gasteiger partial charge in [0.2, 0.25) is 17.0 Å². The summed E-state index contributed by atoms with van der Waals surface area (Å²) in [4.78, 5) is 28.8. The number of aliphatic hydroxyl groups is 1. The predicted molar refractivity (Wildman–Crippen MR) is 119 cm³/mol. The number of aromatic nitrogens is 4. The van der Waals surface area contributed by atoms with Gasteiger partial charge in [0, 0.05) is 42.2 Å². The molecule has 8 nitrogen and oxygen atoms in total. The van der Waals surface area contributed by atoms with Crippen molar-refractivity contribution in [2.75, 3.05) is 6.54 Å². The normalized spacial score (nSPS) is 15.4. The fourth-order valence-corrected chi connectivity index (χ4v) is 4.76. The highest BCUT2D eigenvalue weighted by atomic mass is 35.5.